The molecular weight excluding hydrogens is 329 g/mol. The van der Waals surface area contributed by atoms with Crippen LogP contribution in [0.15, 0.2) is 34.8 Å². The molecule has 1 aromatic carbocycles. The van der Waals surface area contributed by atoms with E-state index in [1.165, 1.54) is 12.1 Å². The van der Waals surface area contributed by atoms with Crippen molar-refractivity contribution in [3.8, 4) is 0 Å². The average Bonchev–Trinajstić information content (AvgIpc) is 2.69. The van der Waals surface area contributed by atoms with Gasteiger partial charge in [0.15, 0.2) is 0 Å². The van der Waals surface area contributed by atoms with Crippen molar-refractivity contribution in [2.75, 3.05) is 5.32 Å². The molecule has 88 valence electrons. The van der Waals surface area contributed by atoms with Crippen LogP contribution in [0.1, 0.15) is 9.67 Å². The fourth-order valence-corrected chi connectivity index (χ4v) is 2.48. The second-order valence-corrected chi connectivity index (χ2v) is 5.81. The smallest absolute Gasteiger partial charge is 0.265 e. The summed E-state index contributed by atoms with van der Waals surface area (Å²) < 4.78 is 14.6. The predicted octanol–water partition coefficient (Wildman–Crippen LogP) is 4.56. The van der Waals surface area contributed by atoms with Gasteiger partial charge in [-0.05, 0) is 30.3 Å². The SMILES string of the molecule is O=C(Nc1ccc(Br)cc1F)c1ccc(Cl)s1. The van der Waals surface area contributed by atoms with Crippen molar-refractivity contribution >= 4 is 50.5 Å². The molecule has 2 rings (SSSR count). The van der Waals surface area contributed by atoms with E-state index in [0.29, 0.717) is 13.7 Å². The highest BCUT2D eigenvalue weighted by Gasteiger charge is 2.11. The molecule has 1 amide bonds. The zero-order valence-corrected chi connectivity index (χ0v) is 11.5. The highest BCUT2D eigenvalue weighted by molar-refractivity contribution is 9.10. The standard InChI is InChI=1S/C11H6BrClFNOS/c12-6-1-2-8(7(14)5-6)15-11(16)9-3-4-10(13)17-9/h1-5H,(H,15,16). The Labute approximate surface area is 115 Å². The minimum Gasteiger partial charge on any atom is -0.319 e. The van der Waals surface area contributed by atoms with E-state index in [9.17, 15) is 9.18 Å². The molecule has 1 heterocycles. The summed E-state index contributed by atoms with van der Waals surface area (Å²) in [7, 11) is 0. The molecule has 0 aliphatic rings. The van der Waals surface area contributed by atoms with Crippen LogP contribution in [0, 0.1) is 5.82 Å². The van der Waals surface area contributed by atoms with Gasteiger partial charge in [0.25, 0.3) is 5.91 Å². The molecule has 0 aliphatic heterocycles. The third-order valence-corrected chi connectivity index (χ3v) is 3.70. The lowest BCUT2D eigenvalue weighted by Gasteiger charge is -2.04. The summed E-state index contributed by atoms with van der Waals surface area (Å²) in [6, 6.07) is 7.65. The average molecular weight is 335 g/mol. The van der Waals surface area contributed by atoms with E-state index in [1.54, 1.807) is 18.2 Å². The van der Waals surface area contributed by atoms with Gasteiger partial charge in [-0.25, -0.2) is 4.39 Å². The minimum absolute atomic E-state index is 0.141. The first-order valence-corrected chi connectivity index (χ1v) is 6.57. The molecule has 0 bridgehead atoms. The number of amides is 1. The van der Waals surface area contributed by atoms with Crippen LogP contribution in [0.2, 0.25) is 4.34 Å². The molecule has 0 fully saturated rings. The lowest BCUT2D eigenvalue weighted by atomic mass is 10.3. The van der Waals surface area contributed by atoms with Crippen molar-refractivity contribution in [3.05, 3.63) is 49.8 Å². The van der Waals surface area contributed by atoms with Crippen LogP contribution >= 0.6 is 38.9 Å². The van der Waals surface area contributed by atoms with Crippen LogP contribution < -0.4 is 5.32 Å². The Morgan fingerprint density at radius 1 is 1.35 bits per heavy atom. The number of thiophene rings is 1. The van der Waals surface area contributed by atoms with Crippen molar-refractivity contribution in [3.63, 3.8) is 0 Å². The summed E-state index contributed by atoms with van der Waals surface area (Å²) in [6.07, 6.45) is 0. The number of hydrogen-bond donors (Lipinski definition) is 1. The highest BCUT2D eigenvalue weighted by atomic mass is 79.9. The molecule has 0 unspecified atom stereocenters. The first-order valence-electron chi connectivity index (χ1n) is 4.58. The van der Waals surface area contributed by atoms with Gasteiger partial charge >= 0.3 is 0 Å². The van der Waals surface area contributed by atoms with Crippen LogP contribution in [-0.4, -0.2) is 5.91 Å². The maximum Gasteiger partial charge on any atom is 0.265 e. The molecule has 2 aromatic rings. The van der Waals surface area contributed by atoms with Gasteiger partial charge < -0.3 is 5.32 Å². The molecule has 17 heavy (non-hydrogen) atoms. The van der Waals surface area contributed by atoms with Crippen molar-refractivity contribution in [2.24, 2.45) is 0 Å². The Morgan fingerprint density at radius 3 is 2.71 bits per heavy atom. The molecule has 0 atom stereocenters. The second-order valence-electron chi connectivity index (χ2n) is 3.18. The van der Waals surface area contributed by atoms with Crippen LogP contribution in [0.3, 0.4) is 0 Å². The quantitative estimate of drug-likeness (QED) is 0.857. The molecule has 2 nitrogen and oxygen atoms in total. The third-order valence-electron chi connectivity index (χ3n) is 1.98. The van der Waals surface area contributed by atoms with E-state index in [0.717, 1.165) is 11.3 Å². The summed E-state index contributed by atoms with van der Waals surface area (Å²) in [5, 5.41) is 2.48. The maximum absolute atomic E-state index is 13.5. The number of benzene rings is 1. The summed E-state index contributed by atoms with van der Waals surface area (Å²) in [5.74, 6) is -0.862. The fourth-order valence-electron chi connectivity index (χ4n) is 1.21. The third kappa shape index (κ3) is 3.06. The largest absolute Gasteiger partial charge is 0.319 e. The van der Waals surface area contributed by atoms with Gasteiger partial charge in [0.1, 0.15) is 5.82 Å². The van der Waals surface area contributed by atoms with Gasteiger partial charge in [-0.1, -0.05) is 27.5 Å². The predicted molar refractivity (Wildman–Crippen MR) is 71.4 cm³/mol. The molecule has 0 saturated heterocycles. The Kier molecular flexibility index (Phi) is 3.81. The zero-order chi connectivity index (χ0) is 12.4. The van der Waals surface area contributed by atoms with Gasteiger partial charge in [0.2, 0.25) is 0 Å². The Hall–Kier alpha value is -0.910. The summed E-state index contributed by atoms with van der Waals surface area (Å²) >= 11 is 10.0. The van der Waals surface area contributed by atoms with Gasteiger partial charge in [-0.15, -0.1) is 11.3 Å². The Bertz CT molecular complexity index is 572. The lowest BCUT2D eigenvalue weighted by Crippen LogP contribution is -2.11. The number of carbonyl (C=O) groups excluding carboxylic acids is 1. The summed E-state index contributed by atoms with van der Waals surface area (Å²) in [5.41, 5.74) is 0.141. The summed E-state index contributed by atoms with van der Waals surface area (Å²) in [4.78, 5) is 12.2. The van der Waals surface area contributed by atoms with Crippen molar-refractivity contribution in [1.82, 2.24) is 0 Å². The Balaban J connectivity index is 2.18. The highest BCUT2D eigenvalue weighted by Crippen LogP contribution is 2.24. The van der Waals surface area contributed by atoms with Gasteiger partial charge in [-0.2, -0.15) is 0 Å². The minimum atomic E-state index is -0.490. The molecule has 1 N–H and O–H groups in total. The summed E-state index contributed by atoms with van der Waals surface area (Å²) in [6.45, 7) is 0. The van der Waals surface area contributed by atoms with E-state index in [1.807, 2.05) is 0 Å². The van der Waals surface area contributed by atoms with Crippen LogP contribution in [-0.2, 0) is 0 Å². The number of anilines is 1. The first-order chi connectivity index (χ1) is 8.06. The fraction of sp³-hybridized carbons (Fsp3) is 0. The monoisotopic (exact) mass is 333 g/mol. The second kappa shape index (κ2) is 5.16. The number of halogens is 3. The maximum atomic E-state index is 13.5. The normalized spacial score (nSPS) is 10.3. The van der Waals surface area contributed by atoms with Crippen LogP contribution in [0.5, 0.6) is 0 Å². The van der Waals surface area contributed by atoms with E-state index >= 15 is 0 Å². The topological polar surface area (TPSA) is 29.1 Å². The van der Waals surface area contributed by atoms with Crippen LogP contribution in [0.4, 0.5) is 10.1 Å². The molecule has 0 spiro atoms. The number of hydrogen-bond acceptors (Lipinski definition) is 2. The molecule has 1 aromatic heterocycles. The Morgan fingerprint density at radius 2 is 2.12 bits per heavy atom. The lowest BCUT2D eigenvalue weighted by molar-refractivity contribution is 0.103. The number of nitrogens with one attached hydrogen (secondary N) is 1. The van der Waals surface area contributed by atoms with Crippen molar-refractivity contribution < 1.29 is 9.18 Å². The van der Waals surface area contributed by atoms with E-state index in [2.05, 4.69) is 21.2 Å². The molecular formula is C11H6BrClFNOS. The van der Waals surface area contributed by atoms with Gasteiger partial charge in [0, 0.05) is 4.47 Å². The van der Waals surface area contributed by atoms with E-state index < -0.39 is 5.82 Å². The number of carbonyl (C=O) groups is 1. The zero-order valence-electron chi connectivity index (χ0n) is 8.34. The number of rotatable bonds is 2. The van der Waals surface area contributed by atoms with Gasteiger partial charge in [0.05, 0.1) is 14.9 Å². The van der Waals surface area contributed by atoms with Crippen LogP contribution in [0.25, 0.3) is 0 Å². The van der Waals surface area contributed by atoms with E-state index in [-0.39, 0.29) is 11.6 Å². The van der Waals surface area contributed by atoms with Crippen molar-refractivity contribution in [2.45, 2.75) is 0 Å². The van der Waals surface area contributed by atoms with Gasteiger partial charge in [-0.3, -0.25) is 4.79 Å². The van der Waals surface area contributed by atoms with Crippen molar-refractivity contribution in [1.29, 1.82) is 0 Å². The molecule has 0 aliphatic carbocycles. The molecule has 0 radical (unpaired) electrons. The molecule has 0 saturated carbocycles. The van der Waals surface area contributed by atoms with E-state index in [4.69, 9.17) is 11.6 Å². The first kappa shape index (κ1) is 12.5. The molecule has 6 heteroatoms.